The van der Waals surface area contributed by atoms with E-state index in [4.69, 9.17) is 11.6 Å². The van der Waals surface area contributed by atoms with Crippen LogP contribution in [0.2, 0.25) is 5.02 Å². The van der Waals surface area contributed by atoms with Crippen LogP contribution in [0.5, 0.6) is 5.75 Å². The molecule has 1 aromatic carbocycles. The summed E-state index contributed by atoms with van der Waals surface area (Å²) in [5.74, 6) is 0.220. The lowest BCUT2D eigenvalue weighted by atomic mass is 9.96. The van der Waals surface area contributed by atoms with Gasteiger partial charge in [-0.25, -0.2) is 0 Å². The Morgan fingerprint density at radius 2 is 1.73 bits per heavy atom. The minimum absolute atomic E-state index is 0.0210. The van der Waals surface area contributed by atoms with E-state index >= 15 is 0 Å². The fraction of sp³-hybridized carbons (Fsp3) is 0.417. The highest BCUT2D eigenvalue weighted by Gasteiger charge is 2.16. The third-order valence-electron chi connectivity index (χ3n) is 2.74. The van der Waals surface area contributed by atoms with Crippen LogP contribution in [0.4, 0.5) is 0 Å². The molecule has 0 atom stereocenters. The van der Waals surface area contributed by atoms with Gasteiger partial charge in [-0.15, -0.1) is 0 Å². The van der Waals surface area contributed by atoms with Crippen LogP contribution in [0.15, 0.2) is 0 Å². The minimum atomic E-state index is 0.0210. The van der Waals surface area contributed by atoms with Gasteiger partial charge >= 0.3 is 0 Å². The maximum atomic E-state index is 11.1. The maximum absolute atomic E-state index is 11.1. The van der Waals surface area contributed by atoms with Crippen molar-refractivity contribution in [3.05, 3.63) is 27.3 Å². The first-order chi connectivity index (χ1) is 6.86. The van der Waals surface area contributed by atoms with Crippen molar-refractivity contribution in [3.8, 4) is 5.75 Å². The van der Waals surface area contributed by atoms with Crippen molar-refractivity contribution in [2.75, 3.05) is 0 Å². The van der Waals surface area contributed by atoms with Crippen molar-refractivity contribution < 1.29 is 9.90 Å². The third kappa shape index (κ3) is 2.15. The lowest BCUT2D eigenvalue weighted by molar-refractivity contribution is -0.116. The van der Waals surface area contributed by atoms with Crippen molar-refractivity contribution >= 4 is 17.4 Å². The third-order valence-corrected chi connectivity index (χ3v) is 3.31. The molecule has 0 radical (unpaired) electrons. The highest BCUT2D eigenvalue weighted by Crippen LogP contribution is 2.35. The number of phenols is 1. The number of Topliss-reactive ketones (excluding diaryl/α,β-unsaturated/α-hetero) is 1. The summed E-state index contributed by atoms with van der Waals surface area (Å²) in [6, 6.07) is 0. The topological polar surface area (TPSA) is 37.3 Å². The van der Waals surface area contributed by atoms with Crippen molar-refractivity contribution in [3.63, 3.8) is 0 Å². The molecule has 0 aromatic heterocycles. The van der Waals surface area contributed by atoms with Crippen LogP contribution in [0, 0.1) is 20.8 Å². The SMILES string of the molecule is CC(=O)Cc1c(C)c(Cl)c(C)c(C)c1O. The Bertz CT molecular complexity index is 393. The summed E-state index contributed by atoms with van der Waals surface area (Å²) < 4.78 is 0. The monoisotopic (exact) mass is 226 g/mol. The molecule has 0 saturated heterocycles. The molecule has 0 amide bonds. The van der Waals surface area contributed by atoms with Gasteiger partial charge in [0.05, 0.1) is 0 Å². The summed E-state index contributed by atoms with van der Waals surface area (Å²) in [6.45, 7) is 7.00. The zero-order valence-electron chi connectivity index (χ0n) is 9.44. The zero-order chi connectivity index (χ0) is 11.7. The Balaban J connectivity index is 3.45. The van der Waals surface area contributed by atoms with Crippen LogP contribution in [-0.4, -0.2) is 10.9 Å². The normalized spacial score (nSPS) is 10.5. The highest BCUT2D eigenvalue weighted by atomic mass is 35.5. The van der Waals surface area contributed by atoms with Gasteiger partial charge in [0.15, 0.2) is 0 Å². The zero-order valence-corrected chi connectivity index (χ0v) is 10.2. The van der Waals surface area contributed by atoms with E-state index in [0.29, 0.717) is 10.6 Å². The van der Waals surface area contributed by atoms with Gasteiger partial charge in [0.25, 0.3) is 0 Å². The minimum Gasteiger partial charge on any atom is -0.507 e. The number of rotatable bonds is 2. The van der Waals surface area contributed by atoms with Gasteiger partial charge in [-0.3, -0.25) is 4.79 Å². The van der Waals surface area contributed by atoms with Gasteiger partial charge in [0.2, 0.25) is 0 Å². The summed E-state index contributed by atoms with van der Waals surface area (Å²) >= 11 is 6.12. The van der Waals surface area contributed by atoms with E-state index < -0.39 is 0 Å². The van der Waals surface area contributed by atoms with E-state index in [1.165, 1.54) is 6.92 Å². The molecule has 15 heavy (non-hydrogen) atoms. The molecule has 82 valence electrons. The summed E-state index contributed by atoms with van der Waals surface area (Å²) in [5.41, 5.74) is 3.07. The Morgan fingerprint density at radius 1 is 1.20 bits per heavy atom. The lowest BCUT2D eigenvalue weighted by Gasteiger charge is -2.14. The van der Waals surface area contributed by atoms with Crippen molar-refractivity contribution in [2.24, 2.45) is 0 Å². The second-order valence-electron chi connectivity index (χ2n) is 3.89. The van der Waals surface area contributed by atoms with Gasteiger partial charge in [-0.2, -0.15) is 0 Å². The van der Waals surface area contributed by atoms with Crippen LogP contribution in [-0.2, 0) is 11.2 Å². The van der Waals surface area contributed by atoms with Crippen molar-refractivity contribution in [2.45, 2.75) is 34.1 Å². The van der Waals surface area contributed by atoms with Gasteiger partial charge in [-0.1, -0.05) is 11.6 Å². The fourth-order valence-electron chi connectivity index (χ4n) is 1.63. The van der Waals surface area contributed by atoms with Crippen LogP contribution in [0.3, 0.4) is 0 Å². The van der Waals surface area contributed by atoms with E-state index in [1.807, 2.05) is 13.8 Å². The summed E-state index contributed by atoms with van der Waals surface area (Å²) in [6.07, 6.45) is 0.235. The first kappa shape index (κ1) is 12.1. The molecule has 0 spiro atoms. The average Bonchev–Trinajstić information content (AvgIpc) is 2.18. The van der Waals surface area contributed by atoms with Crippen LogP contribution in [0.1, 0.15) is 29.2 Å². The molecule has 0 aliphatic heterocycles. The van der Waals surface area contributed by atoms with Gasteiger partial charge in [0, 0.05) is 17.0 Å². The number of hydrogen-bond acceptors (Lipinski definition) is 2. The molecule has 0 aliphatic rings. The number of halogens is 1. The van der Waals surface area contributed by atoms with Crippen LogP contribution >= 0.6 is 11.6 Å². The second kappa shape index (κ2) is 4.23. The fourth-order valence-corrected chi connectivity index (χ4v) is 1.88. The quantitative estimate of drug-likeness (QED) is 0.842. The van der Waals surface area contributed by atoms with E-state index in [0.717, 1.165) is 16.7 Å². The molecule has 3 heteroatoms. The van der Waals surface area contributed by atoms with E-state index in [2.05, 4.69) is 0 Å². The molecule has 0 aliphatic carbocycles. The van der Waals surface area contributed by atoms with Gasteiger partial charge < -0.3 is 5.11 Å². The molecule has 1 aromatic rings. The largest absolute Gasteiger partial charge is 0.507 e. The predicted octanol–water partition coefficient (Wildman–Crippen LogP) is 3.10. The average molecular weight is 227 g/mol. The molecular weight excluding hydrogens is 212 g/mol. The number of carbonyl (C=O) groups is 1. The number of ketones is 1. The van der Waals surface area contributed by atoms with Crippen LogP contribution in [0.25, 0.3) is 0 Å². The molecule has 0 saturated carbocycles. The molecule has 0 bridgehead atoms. The Morgan fingerprint density at radius 3 is 2.20 bits per heavy atom. The smallest absolute Gasteiger partial charge is 0.134 e. The Hall–Kier alpha value is -1.02. The Labute approximate surface area is 94.9 Å². The molecule has 1 N–H and O–H groups in total. The van der Waals surface area contributed by atoms with E-state index in [1.54, 1.807) is 6.92 Å². The van der Waals surface area contributed by atoms with Gasteiger partial charge in [0.1, 0.15) is 11.5 Å². The maximum Gasteiger partial charge on any atom is 0.134 e. The number of phenolic OH excluding ortho intramolecular Hbond substituents is 1. The summed E-state index contributed by atoms with van der Waals surface area (Å²) in [7, 11) is 0. The van der Waals surface area contributed by atoms with Gasteiger partial charge in [-0.05, 0) is 44.4 Å². The van der Waals surface area contributed by atoms with Crippen molar-refractivity contribution in [1.82, 2.24) is 0 Å². The number of carbonyl (C=O) groups excluding carboxylic acids is 1. The Kier molecular flexibility index (Phi) is 3.40. The first-order valence-corrected chi connectivity index (χ1v) is 5.20. The summed E-state index contributed by atoms with van der Waals surface area (Å²) in [4.78, 5) is 11.1. The van der Waals surface area contributed by atoms with Crippen LogP contribution < -0.4 is 0 Å². The predicted molar refractivity (Wildman–Crippen MR) is 61.7 cm³/mol. The molecule has 0 fully saturated rings. The molecule has 0 heterocycles. The lowest BCUT2D eigenvalue weighted by Crippen LogP contribution is -2.02. The number of benzene rings is 1. The molecular formula is C12H15ClO2. The molecule has 0 unspecified atom stereocenters. The summed E-state index contributed by atoms with van der Waals surface area (Å²) in [5, 5.41) is 10.6. The molecule has 1 rings (SSSR count). The van der Waals surface area contributed by atoms with Crippen molar-refractivity contribution in [1.29, 1.82) is 0 Å². The standard InChI is InChI=1S/C12H15ClO2/c1-6(14)5-10-9(4)11(13)7(2)8(3)12(10)15/h15H,5H2,1-4H3. The first-order valence-electron chi connectivity index (χ1n) is 4.82. The van der Waals surface area contributed by atoms with E-state index in [-0.39, 0.29) is 18.0 Å². The van der Waals surface area contributed by atoms with E-state index in [9.17, 15) is 9.90 Å². The second-order valence-corrected chi connectivity index (χ2v) is 4.27. The number of aromatic hydroxyl groups is 1. The number of hydrogen-bond donors (Lipinski definition) is 1. The molecule has 2 nitrogen and oxygen atoms in total. The highest BCUT2D eigenvalue weighted by molar-refractivity contribution is 6.32.